The number of nitrogens with one attached hydrogen (secondary N) is 2. The van der Waals surface area contributed by atoms with Crippen LogP contribution in [-0.4, -0.2) is 31.0 Å². The molecule has 0 unspecified atom stereocenters. The molecule has 1 fully saturated rings. The van der Waals surface area contributed by atoms with Gasteiger partial charge in [0.05, 0.1) is 6.10 Å². The van der Waals surface area contributed by atoms with E-state index >= 15 is 0 Å². The highest BCUT2D eigenvalue weighted by Crippen LogP contribution is 2.20. The van der Waals surface area contributed by atoms with Crippen LogP contribution in [0, 0.1) is 0 Å². The van der Waals surface area contributed by atoms with E-state index in [2.05, 4.69) is 17.2 Å². The Morgan fingerprint density at radius 3 is 2.96 bits per heavy atom. The van der Waals surface area contributed by atoms with Crippen LogP contribution in [0.4, 0.5) is 5.69 Å². The molecule has 126 valence electrons. The van der Waals surface area contributed by atoms with E-state index in [0.29, 0.717) is 17.8 Å². The smallest absolute Gasteiger partial charge is 0.170 e. The van der Waals surface area contributed by atoms with Crippen molar-refractivity contribution in [2.75, 3.05) is 25.1 Å². The van der Waals surface area contributed by atoms with E-state index < -0.39 is 0 Å². The summed E-state index contributed by atoms with van der Waals surface area (Å²) in [4.78, 5) is 0. The van der Waals surface area contributed by atoms with E-state index in [9.17, 15) is 0 Å². The molecule has 0 atom stereocenters. The Bertz CT molecular complexity index is 502. The summed E-state index contributed by atoms with van der Waals surface area (Å²) in [6.45, 7) is 5.74. The van der Waals surface area contributed by atoms with Gasteiger partial charge >= 0.3 is 0 Å². The van der Waals surface area contributed by atoms with Crippen molar-refractivity contribution in [1.29, 1.82) is 0 Å². The molecule has 1 aromatic rings. The largest absolute Gasteiger partial charge is 0.489 e. The maximum atomic E-state index is 5.83. The molecule has 4 nitrogen and oxygen atoms in total. The van der Waals surface area contributed by atoms with Gasteiger partial charge in [0.15, 0.2) is 5.11 Å². The number of benzene rings is 1. The van der Waals surface area contributed by atoms with Gasteiger partial charge in [-0.15, -0.1) is 0 Å². The highest BCUT2D eigenvalue weighted by molar-refractivity contribution is 7.80. The third-order valence-corrected chi connectivity index (χ3v) is 3.97. The van der Waals surface area contributed by atoms with Crippen LogP contribution in [0.3, 0.4) is 0 Å². The first-order chi connectivity index (χ1) is 11.3. The summed E-state index contributed by atoms with van der Waals surface area (Å²) in [5.41, 5.74) is 0.909. The maximum Gasteiger partial charge on any atom is 0.170 e. The molecule has 1 saturated carbocycles. The zero-order chi connectivity index (χ0) is 16.3. The van der Waals surface area contributed by atoms with Crippen molar-refractivity contribution in [3.05, 3.63) is 36.9 Å². The van der Waals surface area contributed by atoms with E-state index in [-0.39, 0.29) is 0 Å². The molecule has 2 N–H and O–H groups in total. The minimum absolute atomic E-state index is 0.485. The van der Waals surface area contributed by atoms with Crippen molar-refractivity contribution in [3.8, 4) is 5.75 Å². The Balaban J connectivity index is 1.61. The lowest BCUT2D eigenvalue weighted by molar-refractivity contribution is 0.0574. The monoisotopic (exact) mass is 334 g/mol. The van der Waals surface area contributed by atoms with Crippen LogP contribution in [0.2, 0.25) is 0 Å². The molecule has 0 heterocycles. The summed E-state index contributed by atoms with van der Waals surface area (Å²) >= 11 is 5.30. The average Bonchev–Trinajstić information content (AvgIpc) is 3.06. The molecule has 0 saturated heterocycles. The van der Waals surface area contributed by atoms with E-state index in [1.807, 2.05) is 24.3 Å². The number of anilines is 1. The van der Waals surface area contributed by atoms with Gasteiger partial charge in [-0.05, 0) is 43.6 Å². The molecule has 23 heavy (non-hydrogen) atoms. The first-order valence-electron chi connectivity index (χ1n) is 8.28. The van der Waals surface area contributed by atoms with Gasteiger partial charge in [0.1, 0.15) is 12.4 Å². The third-order valence-electron chi connectivity index (χ3n) is 3.72. The molecule has 5 heteroatoms. The highest BCUT2D eigenvalue weighted by Gasteiger charge is 2.14. The Kier molecular flexibility index (Phi) is 7.90. The van der Waals surface area contributed by atoms with Crippen molar-refractivity contribution < 1.29 is 9.47 Å². The number of thiocarbonyl (C=S) groups is 1. The normalized spacial score (nSPS) is 14.4. The molecule has 0 aliphatic heterocycles. The average molecular weight is 334 g/mol. The lowest BCUT2D eigenvalue weighted by atomic mass is 10.3. The fourth-order valence-electron chi connectivity index (χ4n) is 2.57. The lowest BCUT2D eigenvalue weighted by Gasteiger charge is -2.13. The molecule has 1 aliphatic carbocycles. The second kappa shape index (κ2) is 10.2. The minimum Gasteiger partial charge on any atom is -0.489 e. The van der Waals surface area contributed by atoms with Crippen LogP contribution in [-0.2, 0) is 4.74 Å². The molecule has 1 aromatic carbocycles. The number of rotatable bonds is 9. The molecule has 0 bridgehead atoms. The van der Waals surface area contributed by atoms with Gasteiger partial charge in [-0.2, -0.15) is 0 Å². The summed E-state index contributed by atoms with van der Waals surface area (Å²) in [7, 11) is 0. The van der Waals surface area contributed by atoms with Crippen LogP contribution >= 0.6 is 12.2 Å². The van der Waals surface area contributed by atoms with E-state index in [1.165, 1.54) is 25.7 Å². The molecule has 0 amide bonds. The summed E-state index contributed by atoms with van der Waals surface area (Å²) in [5, 5.41) is 6.98. The van der Waals surface area contributed by atoms with E-state index in [0.717, 1.165) is 31.0 Å². The predicted molar refractivity (Wildman–Crippen MR) is 99.2 cm³/mol. The van der Waals surface area contributed by atoms with Gasteiger partial charge in [0.25, 0.3) is 0 Å². The zero-order valence-electron chi connectivity index (χ0n) is 13.6. The number of hydrogen-bond donors (Lipinski definition) is 2. The molecule has 0 spiro atoms. The minimum atomic E-state index is 0.485. The fourth-order valence-corrected chi connectivity index (χ4v) is 2.79. The summed E-state index contributed by atoms with van der Waals surface area (Å²) in [6.07, 6.45) is 8.23. The Morgan fingerprint density at radius 1 is 1.35 bits per heavy atom. The van der Waals surface area contributed by atoms with Crippen molar-refractivity contribution in [2.24, 2.45) is 0 Å². The number of ether oxygens (including phenoxy) is 2. The van der Waals surface area contributed by atoms with E-state index in [1.54, 1.807) is 6.08 Å². The standard InChI is InChI=1S/C18H26N2O2S/c1-2-12-21-17-10-5-7-15(14-17)20-18(23)19-11-6-13-22-16-8-3-4-9-16/h2,5,7,10,14,16H,1,3-4,6,8-9,11-13H2,(H2,19,20,23). The van der Waals surface area contributed by atoms with Gasteiger partial charge in [0.2, 0.25) is 0 Å². The third kappa shape index (κ3) is 7.01. The molecular weight excluding hydrogens is 308 g/mol. The van der Waals surface area contributed by atoms with Crippen LogP contribution < -0.4 is 15.4 Å². The second-order valence-electron chi connectivity index (χ2n) is 5.64. The van der Waals surface area contributed by atoms with Crippen molar-refractivity contribution in [3.63, 3.8) is 0 Å². The SMILES string of the molecule is C=CCOc1cccc(NC(=S)NCCCOC2CCCC2)c1. The van der Waals surface area contributed by atoms with E-state index in [4.69, 9.17) is 21.7 Å². The molecular formula is C18H26N2O2S. The van der Waals surface area contributed by atoms with Crippen molar-refractivity contribution in [2.45, 2.75) is 38.2 Å². The van der Waals surface area contributed by atoms with Crippen LogP contribution in [0.5, 0.6) is 5.75 Å². The predicted octanol–water partition coefficient (Wildman–Crippen LogP) is 3.89. The second-order valence-corrected chi connectivity index (χ2v) is 6.05. The van der Waals surface area contributed by atoms with Crippen LogP contribution in [0.1, 0.15) is 32.1 Å². The fraction of sp³-hybridized carbons (Fsp3) is 0.500. The zero-order valence-corrected chi connectivity index (χ0v) is 14.4. The first kappa shape index (κ1) is 17.8. The van der Waals surface area contributed by atoms with Crippen LogP contribution in [0.25, 0.3) is 0 Å². The summed E-state index contributed by atoms with van der Waals surface area (Å²) < 4.78 is 11.3. The Hall–Kier alpha value is -1.59. The highest BCUT2D eigenvalue weighted by atomic mass is 32.1. The molecule has 1 aliphatic rings. The van der Waals surface area contributed by atoms with Gasteiger partial charge in [0, 0.05) is 24.9 Å². The molecule has 0 aromatic heterocycles. The molecule has 0 radical (unpaired) electrons. The van der Waals surface area contributed by atoms with Gasteiger partial charge in [-0.25, -0.2) is 0 Å². The quantitative estimate of drug-likeness (QED) is 0.407. The van der Waals surface area contributed by atoms with Gasteiger partial charge in [-0.1, -0.05) is 31.6 Å². The van der Waals surface area contributed by atoms with Crippen LogP contribution in [0.15, 0.2) is 36.9 Å². The maximum absolute atomic E-state index is 5.83. The van der Waals surface area contributed by atoms with Gasteiger partial charge < -0.3 is 20.1 Å². The van der Waals surface area contributed by atoms with Gasteiger partial charge in [-0.3, -0.25) is 0 Å². The number of hydrogen-bond acceptors (Lipinski definition) is 3. The Labute approximate surface area is 144 Å². The summed E-state index contributed by atoms with van der Waals surface area (Å²) in [6, 6.07) is 7.71. The van der Waals surface area contributed by atoms with Crippen molar-refractivity contribution in [1.82, 2.24) is 5.32 Å². The Morgan fingerprint density at radius 2 is 2.17 bits per heavy atom. The first-order valence-corrected chi connectivity index (χ1v) is 8.69. The molecule has 2 rings (SSSR count). The lowest BCUT2D eigenvalue weighted by Crippen LogP contribution is -2.30. The van der Waals surface area contributed by atoms with Crippen molar-refractivity contribution >= 4 is 23.0 Å². The topological polar surface area (TPSA) is 42.5 Å². The summed E-state index contributed by atoms with van der Waals surface area (Å²) in [5.74, 6) is 0.794.